The summed E-state index contributed by atoms with van der Waals surface area (Å²) >= 11 is 0. The van der Waals surface area contributed by atoms with Crippen molar-refractivity contribution in [1.29, 1.82) is 0 Å². The summed E-state index contributed by atoms with van der Waals surface area (Å²) in [5.41, 5.74) is 7.89. The molecule has 0 spiro atoms. The second-order valence-electron chi connectivity index (χ2n) is 6.66. The van der Waals surface area contributed by atoms with Crippen LogP contribution in [0.4, 0.5) is 0 Å². The van der Waals surface area contributed by atoms with Gasteiger partial charge in [0, 0.05) is 31.6 Å². The molecule has 22 heavy (non-hydrogen) atoms. The van der Waals surface area contributed by atoms with Crippen molar-refractivity contribution in [3.8, 4) is 0 Å². The van der Waals surface area contributed by atoms with Gasteiger partial charge in [-0.25, -0.2) is 0 Å². The summed E-state index contributed by atoms with van der Waals surface area (Å²) in [6.07, 6.45) is 4.96. The normalized spacial score (nSPS) is 28.8. The fourth-order valence-electron chi connectivity index (χ4n) is 3.76. The molecule has 4 nitrogen and oxygen atoms in total. The zero-order chi connectivity index (χ0) is 15.4. The Labute approximate surface area is 133 Å². The predicted octanol–water partition coefficient (Wildman–Crippen LogP) is 2.11. The Balaban J connectivity index is 1.61. The first-order valence-electron chi connectivity index (χ1n) is 8.57. The number of hydrogen-bond acceptors (Lipinski definition) is 3. The molecule has 1 aromatic rings. The van der Waals surface area contributed by atoms with Crippen LogP contribution in [0.15, 0.2) is 30.3 Å². The molecule has 2 aliphatic rings. The summed E-state index contributed by atoms with van der Waals surface area (Å²) < 4.78 is 0. The molecule has 2 saturated heterocycles. The van der Waals surface area contributed by atoms with Gasteiger partial charge in [-0.05, 0) is 37.2 Å². The van der Waals surface area contributed by atoms with Gasteiger partial charge in [-0.1, -0.05) is 37.3 Å². The summed E-state index contributed by atoms with van der Waals surface area (Å²) in [7, 11) is 0. The molecule has 1 amide bonds. The molecular weight excluding hydrogens is 274 g/mol. The molecule has 3 atom stereocenters. The molecule has 2 fully saturated rings. The highest BCUT2D eigenvalue weighted by molar-refractivity contribution is 5.77. The van der Waals surface area contributed by atoms with E-state index in [0.29, 0.717) is 30.3 Å². The fourth-order valence-corrected chi connectivity index (χ4v) is 3.76. The maximum Gasteiger partial charge on any atom is 0.223 e. The first-order valence-corrected chi connectivity index (χ1v) is 8.57. The number of likely N-dealkylation sites (tertiary alicyclic amines) is 1. The van der Waals surface area contributed by atoms with Gasteiger partial charge >= 0.3 is 0 Å². The van der Waals surface area contributed by atoms with Crippen molar-refractivity contribution in [2.75, 3.05) is 13.1 Å². The standard InChI is InChI=1S/C18H27N3O/c1-14-13-19-20-18(14)16-9-5-6-12-21(16)17(22)11-10-15-7-3-2-4-8-15/h2-4,7-8,14,16,18-20H,5-6,9-13H2,1H3. The molecular formula is C18H27N3O. The molecule has 0 aliphatic carbocycles. The van der Waals surface area contributed by atoms with E-state index in [4.69, 9.17) is 0 Å². The van der Waals surface area contributed by atoms with Gasteiger partial charge in [0.15, 0.2) is 0 Å². The number of rotatable bonds is 4. The zero-order valence-electron chi connectivity index (χ0n) is 13.4. The zero-order valence-corrected chi connectivity index (χ0v) is 13.4. The fraction of sp³-hybridized carbons (Fsp3) is 0.611. The summed E-state index contributed by atoms with van der Waals surface area (Å²) in [6.45, 7) is 4.18. The summed E-state index contributed by atoms with van der Waals surface area (Å²) in [6, 6.07) is 11.0. The minimum Gasteiger partial charge on any atom is -0.338 e. The predicted molar refractivity (Wildman–Crippen MR) is 88.2 cm³/mol. The maximum absolute atomic E-state index is 12.7. The van der Waals surface area contributed by atoms with Crippen molar-refractivity contribution in [3.05, 3.63) is 35.9 Å². The summed E-state index contributed by atoms with van der Waals surface area (Å²) in [4.78, 5) is 14.9. The van der Waals surface area contributed by atoms with Crippen molar-refractivity contribution in [2.24, 2.45) is 5.92 Å². The van der Waals surface area contributed by atoms with Crippen LogP contribution < -0.4 is 10.9 Å². The van der Waals surface area contributed by atoms with Crippen LogP contribution in [0.25, 0.3) is 0 Å². The summed E-state index contributed by atoms with van der Waals surface area (Å²) in [5, 5.41) is 0. The molecule has 3 rings (SSSR count). The van der Waals surface area contributed by atoms with Crippen molar-refractivity contribution < 1.29 is 4.79 Å². The molecule has 1 aromatic carbocycles. The van der Waals surface area contributed by atoms with E-state index >= 15 is 0 Å². The maximum atomic E-state index is 12.7. The van der Waals surface area contributed by atoms with Gasteiger partial charge in [0.05, 0.1) is 0 Å². The summed E-state index contributed by atoms with van der Waals surface area (Å²) in [5.74, 6) is 0.891. The van der Waals surface area contributed by atoms with E-state index in [-0.39, 0.29) is 0 Å². The van der Waals surface area contributed by atoms with E-state index in [1.54, 1.807) is 0 Å². The van der Waals surface area contributed by atoms with Crippen LogP contribution in [-0.4, -0.2) is 36.0 Å². The van der Waals surface area contributed by atoms with Gasteiger partial charge in [-0.2, -0.15) is 0 Å². The second-order valence-corrected chi connectivity index (χ2v) is 6.66. The minimum absolute atomic E-state index is 0.314. The molecule has 4 heteroatoms. The van der Waals surface area contributed by atoms with Crippen molar-refractivity contribution in [2.45, 2.75) is 51.1 Å². The van der Waals surface area contributed by atoms with Crippen molar-refractivity contribution >= 4 is 5.91 Å². The topological polar surface area (TPSA) is 44.4 Å². The van der Waals surface area contributed by atoms with Crippen molar-refractivity contribution in [3.63, 3.8) is 0 Å². The van der Waals surface area contributed by atoms with Gasteiger partial charge in [-0.3, -0.25) is 15.6 Å². The van der Waals surface area contributed by atoms with E-state index < -0.39 is 0 Å². The van der Waals surface area contributed by atoms with Crippen LogP contribution in [0.5, 0.6) is 0 Å². The second kappa shape index (κ2) is 7.25. The third kappa shape index (κ3) is 3.50. The highest BCUT2D eigenvalue weighted by Crippen LogP contribution is 2.25. The van der Waals surface area contributed by atoms with Crippen LogP contribution >= 0.6 is 0 Å². The monoisotopic (exact) mass is 301 g/mol. The van der Waals surface area contributed by atoms with Crippen LogP contribution in [0.1, 0.15) is 38.2 Å². The highest BCUT2D eigenvalue weighted by Gasteiger charge is 2.37. The molecule has 120 valence electrons. The Morgan fingerprint density at radius 1 is 1.27 bits per heavy atom. The van der Waals surface area contributed by atoms with Crippen LogP contribution in [-0.2, 0) is 11.2 Å². The number of benzene rings is 1. The molecule has 0 radical (unpaired) electrons. The number of carbonyl (C=O) groups excluding carboxylic acids is 1. The Morgan fingerprint density at radius 3 is 2.82 bits per heavy atom. The van der Waals surface area contributed by atoms with Gasteiger partial charge in [0.2, 0.25) is 5.91 Å². The highest BCUT2D eigenvalue weighted by atomic mass is 16.2. The smallest absolute Gasteiger partial charge is 0.223 e. The lowest BCUT2D eigenvalue weighted by atomic mass is 9.89. The average molecular weight is 301 g/mol. The van der Waals surface area contributed by atoms with E-state index in [1.807, 2.05) is 18.2 Å². The van der Waals surface area contributed by atoms with E-state index in [0.717, 1.165) is 32.4 Å². The molecule has 0 aromatic heterocycles. The number of amides is 1. The van der Waals surface area contributed by atoms with Crippen LogP contribution in [0.3, 0.4) is 0 Å². The molecule has 2 heterocycles. The molecule has 2 aliphatic heterocycles. The number of aryl methyl sites for hydroxylation is 1. The van der Waals surface area contributed by atoms with E-state index in [2.05, 4.69) is 34.8 Å². The molecule has 0 bridgehead atoms. The Morgan fingerprint density at radius 2 is 2.09 bits per heavy atom. The Bertz CT molecular complexity index is 490. The van der Waals surface area contributed by atoms with Gasteiger partial charge in [-0.15, -0.1) is 0 Å². The number of piperidine rings is 1. The van der Waals surface area contributed by atoms with Gasteiger partial charge < -0.3 is 4.90 Å². The minimum atomic E-state index is 0.314. The lowest BCUT2D eigenvalue weighted by Gasteiger charge is -2.40. The third-order valence-electron chi connectivity index (χ3n) is 5.06. The lowest BCUT2D eigenvalue weighted by molar-refractivity contribution is -0.135. The number of nitrogens with one attached hydrogen (secondary N) is 2. The first-order chi connectivity index (χ1) is 10.8. The largest absolute Gasteiger partial charge is 0.338 e. The van der Waals surface area contributed by atoms with Crippen LogP contribution in [0.2, 0.25) is 0 Å². The number of hydrazine groups is 1. The SMILES string of the molecule is CC1CNNC1C1CCCCN1C(=O)CCc1ccccc1. The van der Waals surface area contributed by atoms with Crippen LogP contribution in [0, 0.1) is 5.92 Å². The Hall–Kier alpha value is -1.39. The molecule has 0 saturated carbocycles. The lowest BCUT2D eigenvalue weighted by Crippen LogP contribution is -2.55. The van der Waals surface area contributed by atoms with E-state index in [1.165, 1.54) is 12.0 Å². The molecule has 3 unspecified atom stereocenters. The third-order valence-corrected chi connectivity index (χ3v) is 5.06. The van der Waals surface area contributed by atoms with E-state index in [9.17, 15) is 4.79 Å². The number of carbonyl (C=O) groups is 1. The average Bonchev–Trinajstić information content (AvgIpc) is 2.99. The number of nitrogens with zero attached hydrogens (tertiary/aromatic N) is 1. The van der Waals surface area contributed by atoms with Crippen molar-refractivity contribution in [1.82, 2.24) is 15.8 Å². The van der Waals surface area contributed by atoms with Gasteiger partial charge in [0.1, 0.15) is 0 Å². The molecule has 2 N–H and O–H groups in total. The Kier molecular flexibility index (Phi) is 5.11. The van der Waals surface area contributed by atoms with Gasteiger partial charge in [0.25, 0.3) is 0 Å². The quantitative estimate of drug-likeness (QED) is 0.895. The first kappa shape index (κ1) is 15.5. The number of hydrogen-bond donors (Lipinski definition) is 2.